The Morgan fingerprint density at radius 3 is 2.92 bits per heavy atom. The molecule has 0 aromatic heterocycles. The molecule has 12 heavy (non-hydrogen) atoms. The van der Waals surface area contributed by atoms with Gasteiger partial charge in [0.15, 0.2) is 0 Å². The van der Waals surface area contributed by atoms with Crippen LogP contribution in [0.5, 0.6) is 0 Å². The largest absolute Gasteiger partial charge is 0.632 e. The van der Waals surface area contributed by atoms with E-state index < -0.39 is 0 Å². The van der Waals surface area contributed by atoms with Crippen molar-refractivity contribution in [3.8, 4) is 0 Å². The molecule has 0 aromatic carbocycles. The molecule has 1 unspecified atom stereocenters. The molecular formula is C7H18N4O. The van der Waals surface area contributed by atoms with E-state index in [1.54, 1.807) is 0 Å². The summed E-state index contributed by atoms with van der Waals surface area (Å²) in [5.41, 5.74) is 5.30. The van der Waals surface area contributed by atoms with E-state index in [9.17, 15) is 5.21 Å². The molecule has 1 fully saturated rings. The van der Waals surface area contributed by atoms with Crippen LogP contribution in [0.1, 0.15) is 0 Å². The number of hydrogen-bond donors (Lipinski definition) is 3. The maximum atomic E-state index is 11.7. The van der Waals surface area contributed by atoms with Crippen LogP contribution >= 0.6 is 0 Å². The molecule has 72 valence electrons. The van der Waals surface area contributed by atoms with E-state index in [2.05, 4.69) is 10.6 Å². The summed E-state index contributed by atoms with van der Waals surface area (Å²) < 4.78 is -0.0996. The number of nitrogens with zero attached hydrogens (tertiary/aromatic N) is 1. The first kappa shape index (κ1) is 9.88. The standard InChI is InChI=1S/C7H18N4O/c8-1-2-9-3-5-11(12)6-4-10-7-11/h9-10H,1-8H2. The van der Waals surface area contributed by atoms with E-state index in [1.165, 1.54) is 0 Å². The Bertz CT molecular complexity index is 125. The van der Waals surface area contributed by atoms with Crippen LogP contribution in [-0.4, -0.2) is 50.6 Å². The average Bonchev–Trinajstić information content (AvgIpc) is 2.47. The molecule has 0 amide bonds. The Hall–Kier alpha value is -0.200. The fourth-order valence-electron chi connectivity index (χ4n) is 1.35. The Labute approximate surface area is 73.1 Å². The lowest BCUT2D eigenvalue weighted by atomic mass is 10.5. The SMILES string of the molecule is NCCNCC[N+]1([O-])CCNC1. The molecule has 0 aliphatic carbocycles. The molecule has 1 aliphatic rings. The molecule has 1 aliphatic heterocycles. The zero-order valence-corrected chi connectivity index (χ0v) is 7.38. The second-order valence-electron chi connectivity index (χ2n) is 3.20. The van der Waals surface area contributed by atoms with E-state index in [0.717, 1.165) is 19.6 Å². The zero-order valence-electron chi connectivity index (χ0n) is 7.38. The topological polar surface area (TPSA) is 73.1 Å². The van der Waals surface area contributed by atoms with Gasteiger partial charge in [-0.05, 0) is 0 Å². The number of rotatable bonds is 5. The van der Waals surface area contributed by atoms with Crippen molar-refractivity contribution in [2.45, 2.75) is 0 Å². The van der Waals surface area contributed by atoms with Crippen LogP contribution in [0.25, 0.3) is 0 Å². The Balaban J connectivity index is 2.05. The minimum atomic E-state index is -0.0996. The lowest BCUT2D eigenvalue weighted by Gasteiger charge is -2.37. The first-order chi connectivity index (χ1) is 5.77. The summed E-state index contributed by atoms with van der Waals surface area (Å²) in [6, 6.07) is 0. The van der Waals surface area contributed by atoms with Gasteiger partial charge < -0.3 is 20.9 Å². The molecule has 5 nitrogen and oxygen atoms in total. The van der Waals surface area contributed by atoms with Crippen LogP contribution < -0.4 is 16.4 Å². The van der Waals surface area contributed by atoms with Crippen LogP contribution in [0, 0.1) is 5.21 Å². The van der Waals surface area contributed by atoms with Crippen molar-refractivity contribution in [3.63, 3.8) is 0 Å². The normalized spacial score (nSPS) is 29.5. The van der Waals surface area contributed by atoms with Crippen LogP contribution in [0.4, 0.5) is 0 Å². The predicted molar refractivity (Wildman–Crippen MR) is 48.2 cm³/mol. The van der Waals surface area contributed by atoms with Gasteiger partial charge in [0.1, 0.15) is 6.67 Å². The quantitative estimate of drug-likeness (QED) is 0.267. The summed E-state index contributed by atoms with van der Waals surface area (Å²) in [6.07, 6.45) is 0. The molecule has 1 heterocycles. The predicted octanol–water partition coefficient (Wildman–Crippen LogP) is -1.59. The third-order valence-electron chi connectivity index (χ3n) is 2.11. The summed E-state index contributed by atoms with van der Waals surface area (Å²) in [5.74, 6) is 0. The molecule has 0 radical (unpaired) electrons. The van der Waals surface area contributed by atoms with E-state index in [-0.39, 0.29) is 4.65 Å². The van der Waals surface area contributed by atoms with Crippen LogP contribution in [0.15, 0.2) is 0 Å². The lowest BCUT2D eigenvalue weighted by molar-refractivity contribution is -0.867. The van der Waals surface area contributed by atoms with Gasteiger partial charge in [0.05, 0.1) is 19.6 Å². The molecule has 1 rings (SSSR count). The third-order valence-corrected chi connectivity index (χ3v) is 2.11. The van der Waals surface area contributed by atoms with Gasteiger partial charge in [0.2, 0.25) is 0 Å². The lowest BCUT2D eigenvalue weighted by Crippen LogP contribution is -2.45. The fourth-order valence-corrected chi connectivity index (χ4v) is 1.35. The maximum absolute atomic E-state index is 11.7. The van der Waals surface area contributed by atoms with Gasteiger partial charge >= 0.3 is 0 Å². The average molecular weight is 174 g/mol. The van der Waals surface area contributed by atoms with Crippen molar-refractivity contribution in [2.24, 2.45) is 5.73 Å². The van der Waals surface area contributed by atoms with Gasteiger partial charge in [-0.1, -0.05) is 0 Å². The summed E-state index contributed by atoms with van der Waals surface area (Å²) in [7, 11) is 0. The smallest absolute Gasteiger partial charge is 0.132 e. The van der Waals surface area contributed by atoms with Gasteiger partial charge in [0, 0.05) is 19.6 Å². The molecule has 5 heteroatoms. The first-order valence-corrected chi connectivity index (χ1v) is 4.45. The van der Waals surface area contributed by atoms with Crippen LogP contribution in [0.3, 0.4) is 0 Å². The second-order valence-corrected chi connectivity index (χ2v) is 3.20. The highest BCUT2D eigenvalue weighted by molar-refractivity contribution is 4.56. The molecule has 1 atom stereocenters. The van der Waals surface area contributed by atoms with Gasteiger partial charge in [-0.25, -0.2) is 0 Å². The van der Waals surface area contributed by atoms with Gasteiger partial charge in [-0.2, -0.15) is 0 Å². The van der Waals surface area contributed by atoms with E-state index in [4.69, 9.17) is 5.73 Å². The highest BCUT2D eigenvalue weighted by Crippen LogP contribution is 2.04. The van der Waals surface area contributed by atoms with E-state index >= 15 is 0 Å². The minimum absolute atomic E-state index is 0.0996. The van der Waals surface area contributed by atoms with Gasteiger partial charge in [0.25, 0.3) is 0 Å². The molecule has 4 N–H and O–H groups in total. The highest BCUT2D eigenvalue weighted by Gasteiger charge is 2.20. The molecule has 1 saturated heterocycles. The van der Waals surface area contributed by atoms with Crippen molar-refractivity contribution < 1.29 is 4.65 Å². The molecule has 0 aromatic rings. The van der Waals surface area contributed by atoms with Gasteiger partial charge in [-0.15, -0.1) is 0 Å². The van der Waals surface area contributed by atoms with Crippen molar-refractivity contribution in [2.75, 3.05) is 45.9 Å². The highest BCUT2D eigenvalue weighted by atomic mass is 16.5. The Morgan fingerprint density at radius 1 is 1.50 bits per heavy atom. The summed E-state index contributed by atoms with van der Waals surface area (Å²) >= 11 is 0. The maximum Gasteiger partial charge on any atom is 0.132 e. The minimum Gasteiger partial charge on any atom is -0.632 e. The Morgan fingerprint density at radius 2 is 2.33 bits per heavy atom. The molecule has 0 bridgehead atoms. The summed E-state index contributed by atoms with van der Waals surface area (Å²) in [4.78, 5) is 0. The fraction of sp³-hybridized carbons (Fsp3) is 1.00. The van der Waals surface area contributed by atoms with Crippen LogP contribution in [0.2, 0.25) is 0 Å². The molecular weight excluding hydrogens is 156 g/mol. The van der Waals surface area contributed by atoms with Crippen LogP contribution in [-0.2, 0) is 0 Å². The van der Waals surface area contributed by atoms with E-state index in [0.29, 0.717) is 26.3 Å². The first-order valence-electron chi connectivity index (χ1n) is 4.45. The summed E-state index contributed by atoms with van der Waals surface area (Å²) in [5, 5.41) is 17.8. The summed E-state index contributed by atoms with van der Waals surface area (Å²) in [6.45, 7) is 4.95. The van der Waals surface area contributed by atoms with Crippen molar-refractivity contribution in [1.29, 1.82) is 0 Å². The van der Waals surface area contributed by atoms with E-state index in [1.807, 2.05) is 0 Å². The number of nitrogens with two attached hydrogens (primary N) is 1. The van der Waals surface area contributed by atoms with Gasteiger partial charge in [-0.3, -0.25) is 5.32 Å². The van der Waals surface area contributed by atoms with Crippen molar-refractivity contribution >= 4 is 0 Å². The monoisotopic (exact) mass is 174 g/mol. The second kappa shape index (κ2) is 4.74. The van der Waals surface area contributed by atoms with Crippen molar-refractivity contribution in [3.05, 3.63) is 5.21 Å². The number of hydroxylamine groups is 3. The third kappa shape index (κ3) is 3.04. The molecule has 0 saturated carbocycles. The number of hydrogen-bond acceptors (Lipinski definition) is 4. The van der Waals surface area contributed by atoms with Crippen molar-refractivity contribution in [1.82, 2.24) is 10.6 Å². The molecule has 0 spiro atoms. The number of nitrogens with one attached hydrogen (secondary N) is 2. The number of quaternary nitrogens is 1. The Kier molecular flexibility index (Phi) is 3.90. The zero-order chi connectivity index (χ0) is 8.86.